The second-order valence-electron chi connectivity index (χ2n) is 6.02. The molecule has 26 heavy (non-hydrogen) atoms. The lowest BCUT2D eigenvalue weighted by Gasteiger charge is -2.15. The SMILES string of the molecule is CC(=O)Nc1cccc(NC(=O)[C@@H](C)Oc2ccc3ccccc3c2)c1. The summed E-state index contributed by atoms with van der Waals surface area (Å²) < 4.78 is 5.77. The van der Waals surface area contributed by atoms with Crippen LogP contribution in [0.3, 0.4) is 0 Å². The van der Waals surface area contributed by atoms with Crippen LogP contribution in [0.2, 0.25) is 0 Å². The van der Waals surface area contributed by atoms with Gasteiger partial charge in [-0.25, -0.2) is 0 Å². The summed E-state index contributed by atoms with van der Waals surface area (Å²) in [5.74, 6) is 0.206. The highest BCUT2D eigenvalue weighted by Gasteiger charge is 2.15. The molecule has 0 aliphatic heterocycles. The predicted molar refractivity (Wildman–Crippen MR) is 103 cm³/mol. The molecule has 0 radical (unpaired) electrons. The number of anilines is 2. The molecular formula is C21H20N2O3. The van der Waals surface area contributed by atoms with Crippen molar-refractivity contribution in [2.75, 3.05) is 10.6 Å². The average Bonchev–Trinajstić information content (AvgIpc) is 2.61. The van der Waals surface area contributed by atoms with Gasteiger partial charge in [0.2, 0.25) is 5.91 Å². The van der Waals surface area contributed by atoms with E-state index in [0.29, 0.717) is 17.1 Å². The third kappa shape index (κ3) is 4.39. The minimum atomic E-state index is -0.666. The number of carbonyl (C=O) groups is 2. The van der Waals surface area contributed by atoms with Crippen molar-refractivity contribution in [1.29, 1.82) is 0 Å². The maximum absolute atomic E-state index is 12.4. The monoisotopic (exact) mass is 348 g/mol. The Morgan fingerprint density at radius 3 is 2.27 bits per heavy atom. The number of hydrogen-bond donors (Lipinski definition) is 2. The van der Waals surface area contributed by atoms with Gasteiger partial charge in [-0.3, -0.25) is 9.59 Å². The highest BCUT2D eigenvalue weighted by atomic mass is 16.5. The van der Waals surface area contributed by atoms with Gasteiger partial charge in [-0.1, -0.05) is 36.4 Å². The summed E-state index contributed by atoms with van der Waals surface area (Å²) in [4.78, 5) is 23.5. The van der Waals surface area contributed by atoms with Crippen LogP contribution < -0.4 is 15.4 Å². The van der Waals surface area contributed by atoms with Gasteiger partial charge < -0.3 is 15.4 Å². The molecule has 0 saturated heterocycles. The van der Waals surface area contributed by atoms with E-state index in [9.17, 15) is 9.59 Å². The Kier molecular flexibility index (Phi) is 5.17. The zero-order chi connectivity index (χ0) is 18.5. The van der Waals surface area contributed by atoms with E-state index in [2.05, 4.69) is 10.6 Å². The van der Waals surface area contributed by atoms with Crippen LogP contribution in [0.15, 0.2) is 66.7 Å². The van der Waals surface area contributed by atoms with Crippen molar-refractivity contribution in [2.45, 2.75) is 20.0 Å². The first kappa shape index (κ1) is 17.5. The van der Waals surface area contributed by atoms with Crippen molar-refractivity contribution in [2.24, 2.45) is 0 Å². The second kappa shape index (κ2) is 7.70. The molecule has 0 aromatic heterocycles. The van der Waals surface area contributed by atoms with E-state index in [4.69, 9.17) is 4.74 Å². The first-order valence-electron chi connectivity index (χ1n) is 8.35. The summed E-state index contributed by atoms with van der Waals surface area (Å²) in [5, 5.41) is 7.65. The van der Waals surface area contributed by atoms with Crippen LogP contribution in [-0.2, 0) is 9.59 Å². The highest BCUT2D eigenvalue weighted by Crippen LogP contribution is 2.22. The maximum Gasteiger partial charge on any atom is 0.265 e. The molecular weight excluding hydrogens is 328 g/mol. The van der Waals surface area contributed by atoms with Crippen LogP contribution in [0.4, 0.5) is 11.4 Å². The van der Waals surface area contributed by atoms with Crippen LogP contribution in [0.25, 0.3) is 10.8 Å². The van der Waals surface area contributed by atoms with Gasteiger partial charge in [0, 0.05) is 18.3 Å². The summed E-state index contributed by atoms with van der Waals surface area (Å²) in [6, 6.07) is 20.7. The molecule has 3 aromatic rings. The lowest BCUT2D eigenvalue weighted by atomic mass is 10.1. The molecule has 0 aliphatic rings. The molecule has 2 amide bonds. The van der Waals surface area contributed by atoms with E-state index in [0.717, 1.165) is 10.8 Å². The Morgan fingerprint density at radius 1 is 0.846 bits per heavy atom. The van der Waals surface area contributed by atoms with Gasteiger partial charge in [0.05, 0.1) is 0 Å². The fourth-order valence-corrected chi connectivity index (χ4v) is 2.62. The number of hydrogen-bond acceptors (Lipinski definition) is 3. The number of benzene rings is 3. The molecule has 0 heterocycles. The van der Waals surface area contributed by atoms with Crippen molar-refractivity contribution in [3.63, 3.8) is 0 Å². The van der Waals surface area contributed by atoms with Crippen LogP contribution in [-0.4, -0.2) is 17.9 Å². The first-order chi connectivity index (χ1) is 12.5. The van der Waals surface area contributed by atoms with Gasteiger partial charge in [0.25, 0.3) is 5.91 Å². The van der Waals surface area contributed by atoms with E-state index in [1.807, 2.05) is 42.5 Å². The smallest absolute Gasteiger partial charge is 0.265 e. The molecule has 1 atom stereocenters. The third-order valence-corrected chi connectivity index (χ3v) is 3.85. The molecule has 0 aliphatic carbocycles. The number of ether oxygens (including phenoxy) is 1. The minimum absolute atomic E-state index is 0.165. The zero-order valence-corrected chi connectivity index (χ0v) is 14.7. The highest BCUT2D eigenvalue weighted by molar-refractivity contribution is 5.95. The average molecular weight is 348 g/mol. The largest absolute Gasteiger partial charge is 0.481 e. The lowest BCUT2D eigenvalue weighted by molar-refractivity contribution is -0.122. The van der Waals surface area contributed by atoms with Crippen molar-refractivity contribution in [3.05, 3.63) is 66.7 Å². The normalized spacial score (nSPS) is 11.6. The number of fused-ring (bicyclic) bond motifs is 1. The number of rotatable bonds is 5. The zero-order valence-electron chi connectivity index (χ0n) is 14.7. The van der Waals surface area contributed by atoms with Gasteiger partial charge in [-0.2, -0.15) is 0 Å². The fourth-order valence-electron chi connectivity index (χ4n) is 2.62. The Morgan fingerprint density at radius 2 is 1.54 bits per heavy atom. The molecule has 0 unspecified atom stereocenters. The summed E-state index contributed by atoms with van der Waals surface area (Å²) in [5.41, 5.74) is 1.22. The van der Waals surface area contributed by atoms with E-state index < -0.39 is 6.10 Å². The molecule has 132 valence electrons. The van der Waals surface area contributed by atoms with Crippen molar-refractivity contribution in [3.8, 4) is 5.75 Å². The number of amides is 2. The molecule has 5 heteroatoms. The van der Waals surface area contributed by atoms with E-state index in [1.165, 1.54) is 6.92 Å². The Balaban J connectivity index is 1.66. The van der Waals surface area contributed by atoms with Crippen LogP contribution in [0.1, 0.15) is 13.8 Å². The van der Waals surface area contributed by atoms with Crippen LogP contribution >= 0.6 is 0 Å². The van der Waals surface area contributed by atoms with Crippen LogP contribution in [0, 0.1) is 0 Å². The summed E-state index contributed by atoms with van der Waals surface area (Å²) in [6.07, 6.45) is -0.666. The van der Waals surface area contributed by atoms with Gasteiger partial charge in [-0.15, -0.1) is 0 Å². The standard InChI is InChI=1S/C21H20N2O3/c1-14(26-20-11-10-16-6-3-4-7-17(16)12-20)21(25)23-19-9-5-8-18(13-19)22-15(2)24/h3-14H,1-2H3,(H,22,24)(H,23,25)/t14-/m1/s1. The Hall–Kier alpha value is -3.34. The summed E-state index contributed by atoms with van der Waals surface area (Å²) >= 11 is 0. The quantitative estimate of drug-likeness (QED) is 0.726. The molecule has 0 spiro atoms. The summed E-state index contributed by atoms with van der Waals surface area (Å²) in [7, 11) is 0. The number of nitrogens with one attached hydrogen (secondary N) is 2. The first-order valence-corrected chi connectivity index (χ1v) is 8.35. The minimum Gasteiger partial charge on any atom is -0.481 e. The second-order valence-corrected chi connectivity index (χ2v) is 6.02. The Bertz CT molecular complexity index is 953. The molecule has 3 aromatic carbocycles. The van der Waals surface area contributed by atoms with Crippen LogP contribution in [0.5, 0.6) is 5.75 Å². The van der Waals surface area contributed by atoms with Crippen molar-refractivity contribution >= 4 is 34.0 Å². The van der Waals surface area contributed by atoms with Gasteiger partial charge >= 0.3 is 0 Å². The maximum atomic E-state index is 12.4. The van der Waals surface area contributed by atoms with Gasteiger partial charge in [-0.05, 0) is 48.0 Å². The van der Waals surface area contributed by atoms with Crippen molar-refractivity contribution in [1.82, 2.24) is 0 Å². The van der Waals surface area contributed by atoms with E-state index in [1.54, 1.807) is 31.2 Å². The van der Waals surface area contributed by atoms with Crippen molar-refractivity contribution < 1.29 is 14.3 Å². The molecule has 3 rings (SSSR count). The molecule has 2 N–H and O–H groups in total. The Labute approximate surface area is 152 Å². The van der Waals surface area contributed by atoms with E-state index in [-0.39, 0.29) is 11.8 Å². The van der Waals surface area contributed by atoms with Gasteiger partial charge in [0.1, 0.15) is 5.75 Å². The molecule has 5 nitrogen and oxygen atoms in total. The third-order valence-electron chi connectivity index (χ3n) is 3.85. The molecule has 0 fully saturated rings. The fraction of sp³-hybridized carbons (Fsp3) is 0.143. The lowest BCUT2D eigenvalue weighted by Crippen LogP contribution is -2.30. The molecule has 0 saturated carbocycles. The van der Waals surface area contributed by atoms with Gasteiger partial charge in [0.15, 0.2) is 6.10 Å². The summed E-state index contributed by atoms with van der Waals surface area (Å²) in [6.45, 7) is 3.13. The topological polar surface area (TPSA) is 67.4 Å². The predicted octanol–water partition coefficient (Wildman–Crippen LogP) is 4.20. The number of carbonyl (C=O) groups excluding carboxylic acids is 2. The van der Waals surface area contributed by atoms with E-state index >= 15 is 0 Å². The molecule has 0 bridgehead atoms.